The number of halogens is 1. The lowest BCUT2D eigenvalue weighted by Gasteiger charge is -2.22. The molecule has 120 valence electrons. The molecule has 7 nitrogen and oxygen atoms in total. The topological polar surface area (TPSA) is 91.9 Å². The molecule has 0 N–H and O–H groups in total. The minimum Gasteiger partial charge on any atom is -0.352 e. The fourth-order valence-corrected chi connectivity index (χ4v) is 4.33. The third-order valence-corrected chi connectivity index (χ3v) is 5.60. The summed E-state index contributed by atoms with van der Waals surface area (Å²) in [5.74, 6) is 0.113. The number of sulfone groups is 1. The number of benzene rings is 1. The molecule has 1 fully saturated rings. The number of aromatic nitrogens is 3. The Hall–Kier alpha value is -2.47. The van der Waals surface area contributed by atoms with E-state index in [9.17, 15) is 18.1 Å². The van der Waals surface area contributed by atoms with E-state index in [1.54, 1.807) is 11.9 Å². The van der Waals surface area contributed by atoms with Crippen molar-refractivity contribution in [1.82, 2.24) is 15.0 Å². The van der Waals surface area contributed by atoms with E-state index in [0.717, 1.165) is 0 Å². The summed E-state index contributed by atoms with van der Waals surface area (Å²) in [6.07, 6.45) is 0.493. The van der Waals surface area contributed by atoms with Crippen LogP contribution in [0.4, 0.5) is 10.2 Å². The first-order valence-electron chi connectivity index (χ1n) is 6.96. The van der Waals surface area contributed by atoms with Gasteiger partial charge in [-0.05, 0) is 30.7 Å². The second kappa shape index (κ2) is 5.62. The van der Waals surface area contributed by atoms with Crippen LogP contribution in [0.15, 0.2) is 24.3 Å². The molecule has 0 aliphatic carbocycles. The molecule has 0 saturated carbocycles. The minimum atomic E-state index is -3.04. The quantitative estimate of drug-likeness (QED) is 0.827. The SMILES string of the molecule is CN(c1nn(-c2ccc(F)cc2)nc1C#N)C1CCS(=O)(=O)C1. The zero-order chi connectivity index (χ0) is 16.6. The maximum absolute atomic E-state index is 13.0. The van der Waals surface area contributed by atoms with Gasteiger partial charge in [0.25, 0.3) is 0 Å². The first-order chi connectivity index (χ1) is 10.9. The van der Waals surface area contributed by atoms with Gasteiger partial charge in [0.05, 0.1) is 17.2 Å². The summed E-state index contributed by atoms with van der Waals surface area (Å²) in [6.45, 7) is 0. The Bertz CT molecular complexity index is 870. The molecular weight excluding hydrogens is 321 g/mol. The van der Waals surface area contributed by atoms with Crippen molar-refractivity contribution >= 4 is 15.7 Å². The van der Waals surface area contributed by atoms with E-state index in [1.165, 1.54) is 29.1 Å². The van der Waals surface area contributed by atoms with E-state index in [4.69, 9.17) is 0 Å². The summed E-state index contributed by atoms with van der Waals surface area (Å²) in [7, 11) is -1.34. The van der Waals surface area contributed by atoms with Gasteiger partial charge in [0.2, 0.25) is 5.69 Å². The molecule has 0 spiro atoms. The van der Waals surface area contributed by atoms with Gasteiger partial charge in [0.1, 0.15) is 11.9 Å². The van der Waals surface area contributed by atoms with Gasteiger partial charge in [-0.3, -0.25) is 0 Å². The Morgan fingerprint density at radius 3 is 2.61 bits per heavy atom. The Balaban J connectivity index is 1.94. The smallest absolute Gasteiger partial charge is 0.207 e. The Kier molecular flexibility index (Phi) is 3.77. The number of nitriles is 1. The van der Waals surface area contributed by atoms with Crippen molar-refractivity contribution in [2.45, 2.75) is 12.5 Å². The van der Waals surface area contributed by atoms with Crippen LogP contribution in [0.5, 0.6) is 0 Å². The van der Waals surface area contributed by atoms with Crippen LogP contribution in [0.1, 0.15) is 12.1 Å². The second-order valence-electron chi connectivity index (χ2n) is 5.42. The lowest BCUT2D eigenvalue weighted by Crippen LogP contribution is -2.33. The van der Waals surface area contributed by atoms with Crippen LogP contribution in [0.25, 0.3) is 5.69 Å². The highest BCUT2D eigenvalue weighted by molar-refractivity contribution is 7.91. The number of nitrogens with zero attached hydrogens (tertiary/aromatic N) is 5. The zero-order valence-corrected chi connectivity index (χ0v) is 13.2. The van der Waals surface area contributed by atoms with Gasteiger partial charge in [-0.25, -0.2) is 12.8 Å². The molecule has 1 aliphatic heterocycles. The molecule has 3 rings (SSSR count). The van der Waals surface area contributed by atoms with Crippen LogP contribution in [0, 0.1) is 17.1 Å². The van der Waals surface area contributed by atoms with Gasteiger partial charge in [-0.15, -0.1) is 15.0 Å². The normalized spacial score (nSPS) is 19.4. The van der Waals surface area contributed by atoms with E-state index in [0.29, 0.717) is 17.9 Å². The van der Waals surface area contributed by atoms with Gasteiger partial charge >= 0.3 is 0 Å². The van der Waals surface area contributed by atoms with Crippen molar-refractivity contribution in [2.24, 2.45) is 0 Å². The predicted molar refractivity (Wildman–Crippen MR) is 81.5 cm³/mol. The fraction of sp³-hybridized carbons (Fsp3) is 0.357. The lowest BCUT2D eigenvalue weighted by molar-refractivity contribution is 0.600. The van der Waals surface area contributed by atoms with Crippen molar-refractivity contribution in [3.8, 4) is 11.8 Å². The van der Waals surface area contributed by atoms with Crippen LogP contribution < -0.4 is 4.90 Å². The van der Waals surface area contributed by atoms with Crippen LogP contribution in [0.2, 0.25) is 0 Å². The van der Waals surface area contributed by atoms with Gasteiger partial charge in [0.15, 0.2) is 15.7 Å². The molecular formula is C14H14FN5O2S. The molecule has 0 radical (unpaired) electrons. The van der Waals surface area contributed by atoms with Crippen molar-refractivity contribution in [2.75, 3.05) is 23.5 Å². The molecule has 1 unspecified atom stereocenters. The summed E-state index contributed by atoms with van der Waals surface area (Å²) in [5.41, 5.74) is 0.614. The molecule has 0 amide bonds. The summed E-state index contributed by atoms with van der Waals surface area (Å²) >= 11 is 0. The molecule has 1 atom stereocenters. The third-order valence-electron chi connectivity index (χ3n) is 3.85. The first-order valence-corrected chi connectivity index (χ1v) is 8.78. The zero-order valence-electron chi connectivity index (χ0n) is 12.3. The van der Waals surface area contributed by atoms with Crippen molar-refractivity contribution in [3.05, 3.63) is 35.8 Å². The average Bonchev–Trinajstić information content (AvgIpc) is 3.10. The van der Waals surface area contributed by atoms with E-state index in [-0.39, 0.29) is 29.1 Å². The summed E-state index contributed by atoms with van der Waals surface area (Å²) in [6, 6.07) is 7.28. The predicted octanol–water partition coefficient (Wildman–Crippen LogP) is 0.901. The maximum atomic E-state index is 13.0. The monoisotopic (exact) mass is 335 g/mol. The summed E-state index contributed by atoms with van der Waals surface area (Å²) < 4.78 is 36.2. The fourth-order valence-electron chi connectivity index (χ4n) is 2.55. The second-order valence-corrected chi connectivity index (χ2v) is 7.65. The Morgan fingerprint density at radius 1 is 1.35 bits per heavy atom. The molecule has 2 aromatic rings. The number of rotatable bonds is 3. The molecule has 1 saturated heterocycles. The van der Waals surface area contributed by atoms with Gasteiger partial charge < -0.3 is 4.90 Å². The molecule has 1 aliphatic rings. The Labute approximate surface area is 132 Å². The van der Waals surface area contributed by atoms with Gasteiger partial charge in [-0.2, -0.15) is 5.26 Å². The van der Waals surface area contributed by atoms with Crippen molar-refractivity contribution in [1.29, 1.82) is 5.26 Å². The van der Waals surface area contributed by atoms with Crippen molar-refractivity contribution in [3.63, 3.8) is 0 Å². The molecule has 0 bridgehead atoms. The minimum absolute atomic E-state index is 0.0395. The molecule has 1 aromatic carbocycles. The number of anilines is 1. The van der Waals surface area contributed by atoms with Crippen LogP contribution >= 0.6 is 0 Å². The maximum Gasteiger partial charge on any atom is 0.207 e. The van der Waals surface area contributed by atoms with E-state index in [2.05, 4.69) is 10.2 Å². The molecule has 2 heterocycles. The molecule has 23 heavy (non-hydrogen) atoms. The first kappa shape index (κ1) is 15.4. The number of hydrogen-bond acceptors (Lipinski definition) is 6. The summed E-state index contributed by atoms with van der Waals surface area (Å²) in [4.78, 5) is 2.92. The highest BCUT2D eigenvalue weighted by Gasteiger charge is 2.33. The average molecular weight is 335 g/mol. The third kappa shape index (κ3) is 3.03. The van der Waals surface area contributed by atoms with Crippen molar-refractivity contribution < 1.29 is 12.8 Å². The highest BCUT2D eigenvalue weighted by atomic mass is 32.2. The van der Waals surface area contributed by atoms with E-state index in [1.807, 2.05) is 6.07 Å². The van der Waals surface area contributed by atoms with Crippen LogP contribution in [-0.4, -0.2) is 48.0 Å². The van der Waals surface area contributed by atoms with Gasteiger partial charge in [-0.1, -0.05) is 0 Å². The van der Waals surface area contributed by atoms with Crippen LogP contribution in [0.3, 0.4) is 0 Å². The van der Waals surface area contributed by atoms with E-state index < -0.39 is 9.84 Å². The summed E-state index contributed by atoms with van der Waals surface area (Å²) in [5, 5.41) is 17.6. The largest absolute Gasteiger partial charge is 0.352 e. The number of hydrogen-bond donors (Lipinski definition) is 0. The van der Waals surface area contributed by atoms with Crippen LogP contribution in [-0.2, 0) is 9.84 Å². The lowest BCUT2D eigenvalue weighted by atomic mass is 10.2. The molecule has 9 heteroatoms. The van der Waals surface area contributed by atoms with Gasteiger partial charge in [0, 0.05) is 13.1 Å². The standard InChI is InChI=1S/C14H14FN5O2S/c1-19(12-6-7-23(21,22)9-12)14-13(8-16)17-20(18-14)11-4-2-10(15)3-5-11/h2-5,12H,6-7,9H2,1H3. The van der Waals surface area contributed by atoms with E-state index >= 15 is 0 Å². The Morgan fingerprint density at radius 2 is 2.04 bits per heavy atom. The highest BCUT2D eigenvalue weighted by Crippen LogP contribution is 2.24. The molecule has 1 aromatic heterocycles.